The Hall–Kier alpha value is -0.770. The lowest BCUT2D eigenvalue weighted by Gasteiger charge is -2.07. The Bertz CT molecular complexity index is 193. The molecule has 1 saturated carbocycles. The van der Waals surface area contributed by atoms with E-state index in [-0.39, 0.29) is 6.03 Å². The minimum atomic E-state index is -0.0596. The Morgan fingerprint density at radius 3 is 2.56 bits per heavy atom. The molecule has 0 heterocycles. The van der Waals surface area contributed by atoms with Gasteiger partial charge in [0.15, 0.2) is 0 Å². The van der Waals surface area contributed by atoms with E-state index in [1.807, 2.05) is 0 Å². The fourth-order valence-corrected chi connectivity index (χ4v) is 1.35. The molecule has 1 rings (SSSR count). The Labute approximate surface area is 98.1 Å². The molecule has 2 amide bonds. The fraction of sp³-hybridized carbons (Fsp3) is 0.917. The van der Waals surface area contributed by atoms with E-state index in [1.54, 1.807) is 0 Å². The molecule has 0 saturated heterocycles. The van der Waals surface area contributed by atoms with Crippen molar-refractivity contribution in [2.45, 2.75) is 39.0 Å². The Morgan fingerprint density at radius 2 is 1.94 bits per heavy atom. The first-order valence-electron chi connectivity index (χ1n) is 6.42. The summed E-state index contributed by atoms with van der Waals surface area (Å²) in [6.07, 6.45) is 5.71. The van der Waals surface area contributed by atoms with E-state index in [4.69, 9.17) is 4.74 Å². The molecule has 1 aliphatic carbocycles. The molecule has 1 fully saturated rings. The van der Waals surface area contributed by atoms with Crippen LogP contribution in [0.3, 0.4) is 0 Å². The van der Waals surface area contributed by atoms with Crippen molar-refractivity contribution in [1.82, 2.24) is 10.6 Å². The zero-order valence-electron chi connectivity index (χ0n) is 10.3. The van der Waals surface area contributed by atoms with Gasteiger partial charge in [-0.05, 0) is 31.6 Å². The van der Waals surface area contributed by atoms with Gasteiger partial charge >= 0.3 is 6.03 Å². The normalized spacial score (nSPS) is 14.8. The molecule has 4 nitrogen and oxygen atoms in total. The number of hydrogen-bond acceptors (Lipinski definition) is 2. The summed E-state index contributed by atoms with van der Waals surface area (Å²) in [6, 6.07) is -0.0596. The molecular formula is C12H24N2O2. The van der Waals surface area contributed by atoms with E-state index in [9.17, 15) is 4.79 Å². The van der Waals surface area contributed by atoms with Crippen LogP contribution in [0.25, 0.3) is 0 Å². The van der Waals surface area contributed by atoms with Crippen molar-refractivity contribution in [3.63, 3.8) is 0 Å². The maximum Gasteiger partial charge on any atom is 0.314 e. The topological polar surface area (TPSA) is 50.4 Å². The number of unbranched alkanes of at least 4 members (excludes halogenated alkanes) is 1. The van der Waals surface area contributed by atoms with Gasteiger partial charge in [-0.3, -0.25) is 0 Å². The quantitative estimate of drug-likeness (QED) is 0.592. The van der Waals surface area contributed by atoms with Gasteiger partial charge in [0, 0.05) is 26.3 Å². The van der Waals surface area contributed by atoms with Crippen LogP contribution >= 0.6 is 0 Å². The Morgan fingerprint density at radius 1 is 1.25 bits per heavy atom. The van der Waals surface area contributed by atoms with E-state index in [2.05, 4.69) is 17.6 Å². The summed E-state index contributed by atoms with van der Waals surface area (Å²) in [7, 11) is 0. The van der Waals surface area contributed by atoms with Crippen molar-refractivity contribution in [3.8, 4) is 0 Å². The minimum absolute atomic E-state index is 0.0596. The number of hydrogen-bond donors (Lipinski definition) is 2. The van der Waals surface area contributed by atoms with E-state index in [0.717, 1.165) is 44.9 Å². The third-order valence-electron chi connectivity index (χ3n) is 2.62. The molecule has 16 heavy (non-hydrogen) atoms. The lowest BCUT2D eigenvalue weighted by molar-refractivity contribution is 0.122. The van der Waals surface area contributed by atoms with Crippen LogP contribution in [0.1, 0.15) is 39.0 Å². The summed E-state index contributed by atoms with van der Waals surface area (Å²) in [5.41, 5.74) is 0. The van der Waals surface area contributed by atoms with Crippen molar-refractivity contribution in [3.05, 3.63) is 0 Å². The van der Waals surface area contributed by atoms with Gasteiger partial charge in [-0.25, -0.2) is 4.79 Å². The molecular weight excluding hydrogens is 204 g/mol. The van der Waals surface area contributed by atoms with Gasteiger partial charge in [0.25, 0.3) is 0 Å². The smallest absolute Gasteiger partial charge is 0.314 e. The van der Waals surface area contributed by atoms with Gasteiger partial charge < -0.3 is 15.4 Å². The highest BCUT2D eigenvalue weighted by Gasteiger charge is 2.20. The molecule has 0 aromatic heterocycles. The average molecular weight is 228 g/mol. The van der Waals surface area contributed by atoms with Gasteiger partial charge in [0.1, 0.15) is 0 Å². The first kappa shape index (κ1) is 13.3. The highest BCUT2D eigenvalue weighted by atomic mass is 16.5. The number of urea groups is 1. The largest absolute Gasteiger partial charge is 0.381 e. The maximum absolute atomic E-state index is 11.2. The van der Waals surface area contributed by atoms with Crippen molar-refractivity contribution in [2.24, 2.45) is 5.92 Å². The van der Waals surface area contributed by atoms with E-state index in [1.165, 1.54) is 12.8 Å². The molecule has 0 atom stereocenters. The predicted molar refractivity (Wildman–Crippen MR) is 64.5 cm³/mol. The zero-order chi connectivity index (χ0) is 11.6. The summed E-state index contributed by atoms with van der Waals surface area (Å²) < 4.78 is 5.47. The number of carbonyl (C=O) groups excluding carboxylic acids is 1. The van der Waals surface area contributed by atoms with Crippen molar-refractivity contribution in [2.75, 3.05) is 26.3 Å². The van der Waals surface area contributed by atoms with Crippen LogP contribution in [-0.4, -0.2) is 32.3 Å². The minimum Gasteiger partial charge on any atom is -0.381 e. The fourth-order valence-electron chi connectivity index (χ4n) is 1.35. The van der Waals surface area contributed by atoms with Gasteiger partial charge in [-0.1, -0.05) is 13.3 Å². The molecule has 4 heteroatoms. The Balaban J connectivity index is 1.76. The third kappa shape index (κ3) is 7.51. The van der Waals surface area contributed by atoms with Gasteiger partial charge in [-0.15, -0.1) is 0 Å². The molecule has 0 spiro atoms. The highest BCUT2D eigenvalue weighted by Crippen LogP contribution is 2.28. The summed E-state index contributed by atoms with van der Waals surface area (Å²) >= 11 is 0. The molecule has 0 bridgehead atoms. The average Bonchev–Trinajstić information content (AvgIpc) is 3.07. The van der Waals surface area contributed by atoms with Crippen LogP contribution < -0.4 is 10.6 Å². The van der Waals surface area contributed by atoms with Crippen LogP contribution in [0.15, 0.2) is 0 Å². The van der Waals surface area contributed by atoms with Crippen LogP contribution in [0, 0.1) is 5.92 Å². The lowest BCUT2D eigenvalue weighted by atomic mass is 10.3. The molecule has 0 aliphatic heterocycles. The summed E-state index contributed by atoms with van der Waals surface area (Å²) in [5, 5.41) is 5.63. The Kier molecular flexibility index (Phi) is 6.97. The molecule has 0 aromatic rings. The van der Waals surface area contributed by atoms with E-state index in [0.29, 0.717) is 6.54 Å². The molecule has 94 valence electrons. The second kappa shape index (κ2) is 8.39. The van der Waals surface area contributed by atoms with Gasteiger partial charge in [0.2, 0.25) is 0 Å². The van der Waals surface area contributed by atoms with Crippen molar-refractivity contribution in [1.29, 1.82) is 0 Å². The second-order valence-corrected chi connectivity index (χ2v) is 4.41. The van der Waals surface area contributed by atoms with Gasteiger partial charge in [0.05, 0.1) is 0 Å². The molecule has 2 N–H and O–H groups in total. The zero-order valence-corrected chi connectivity index (χ0v) is 10.3. The number of ether oxygens (including phenoxy) is 1. The summed E-state index contributed by atoms with van der Waals surface area (Å²) in [6.45, 7) is 5.23. The lowest BCUT2D eigenvalue weighted by Crippen LogP contribution is -2.36. The molecule has 0 aromatic carbocycles. The van der Waals surface area contributed by atoms with Crippen LogP contribution in [-0.2, 0) is 4.74 Å². The number of carbonyl (C=O) groups is 1. The molecule has 0 unspecified atom stereocenters. The summed E-state index contributed by atoms with van der Waals surface area (Å²) in [4.78, 5) is 11.2. The SMILES string of the molecule is CCCCNC(=O)NCCCOCC1CC1. The first-order chi connectivity index (χ1) is 7.83. The van der Waals surface area contributed by atoms with Gasteiger partial charge in [-0.2, -0.15) is 0 Å². The van der Waals surface area contributed by atoms with Crippen LogP contribution in [0.5, 0.6) is 0 Å². The molecule has 1 aliphatic rings. The van der Waals surface area contributed by atoms with Crippen LogP contribution in [0.4, 0.5) is 4.79 Å². The van der Waals surface area contributed by atoms with Crippen molar-refractivity contribution < 1.29 is 9.53 Å². The monoisotopic (exact) mass is 228 g/mol. The predicted octanol–water partition coefficient (Wildman–Crippen LogP) is 1.90. The standard InChI is InChI=1S/C12H24N2O2/c1-2-3-7-13-12(15)14-8-4-9-16-10-11-5-6-11/h11H,2-10H2,1H3,(H2,13,14,15). The number of rotatable bonds is 9. The highest BCUT2D eigenvalue weighted by molar-refractivity contribution is 5.73. The van der Waals surface area contributed by atoms with Crippen molar-refractivity contribution >= 4 is 6.03 Å². The third-order valence-corrected chi connectivity index (χ3v) is 2.62. The number of nitrogens with one attached hydrogen (secondary N) is 2. The summed E-state index contributed by atoms with van der Waals surface area (Å²) in [5.74, 6) is 0.824. The van der Waals surface area contributed by atoms with E-state index >= 15 is 0 Å². The second-order valence-electron chi connectivity index (χ2n) is 4.41. The van der Waals surface area contributed by atoms with Crippen LogP contribution in [0.2, 0.25) is 0 Å². The maximum atomic E-state index is 11.2. The molecule has 0 radical (unpaired) electrons. The number of amides is 2. The van der Waals surface area contributed by atoms with E-state index < -0.39 is 0 Å². The first-order valence-corrected chi connectivity index (χ1v) is 6.42.